The zero-order valence-electron chi connectivity index (χ0n) is 13.8. The van der Waals surface area contributed by atoms with Gasteiger partial charge in [-0.05, 0) is 54.5 Å². The molecule has 2 heterocycles. The Hall–Kier alpha value is -2.93. The normalized spacial score (nSPS) is 13.4. The number of fused-ring (bicyclic) bond motifs is 1. The zero-order valence-corrected chi connectivity index (χ0v) is 13.8. The lowest BCUT2D eigenvalue weighted by Crippen LogP contribution is -2.23. The van der Waals surface area contributed by atoms with Gasteiger partial charge in [0.2, 0.25) is 0 Å². The highest BCUT2D eigenvalue weighted by Gasteiger charge is 2.27. The Labute approximate surface area is 140 Å². The van der Waals surface area contributed by atoms with E-state index in [1.54, 1.807) is 12.4 Å². The minimum absolute atomic E-state index is 0.0620. The predicted molar refractivity (Wildman–Crippen MR) is 94.9 cm³/mol. The molecule has 3 aromatic rings. The van der Waals surface area contributed by atoms with Gasteiger partial charge in [0.1, 0.15) is 0 Å². The first-order chi connectivity index (χ1) is 11.6. The highest BCUT2D eigenvalue weighted by atomic mass is 16.1. The van der Waals surface area contributed by atoms with E-state index in [0.29, 0.717) is 12.8 Å². The molecule has 0 aliphatic rings. The number of rotatable bonds is 4. The summed E-state index contributed by atoms with van der Waals surface area (Å²) in [5.41, 5.74) is 2.69. The van der Waals surface area contributed by atoms with Gasteiger partial charge in [0.25, 0.3) is 5.56 Å². The van der Waals surface area contributed by atoms with Gasteiger partial charge in [0.15, 0.2) is 0 Å². The lowest BCUT2D eigenvalue weighted by atomic mass is 9.78. The largest absolute Gasteiger partial charge is 0.322 e. The van der Waals surface area contributed by atoms with Crippen molar-refractivity contribution in [1.82, 2.24) is 9.97 Å². The molecule has 4 nitrogen and oxygen atoms in total. The molecule has 1 unspecified atom stereocenters. The van der Waals surface area contributed by atoms with Crippen molar-refractivity contribution < 1.29 is 0 Å². The van der Waals surface area contributed by atoms with Gasteiger partial charge in [0.05, 0.1) is 11.5 Å². The van der Waals surface area contributed by atoms with Crippen molar-refractivity contribution in [2.24, 2.45) is 0 Å². The second-order valence-electron chi connectivity index (χ2n) is 6.26. The maximum Gasteiger partial charge on any atom is 0.251 e. The number of aromatic amines is 1. The summed E-state index contributed by atoms with van der Waals surface area (Å²) in [4.78, 5) is 19.1. The van der Waals surface area contributed by atoms with E-state index >= 15 is 0 Å². The van der Waals surface area contributed by atoms with Crippen LogP contribution in [-0.2, 0) is 18.3 Å². The van der Waals surface area contributed by atoms with Crippen LogP contribution in [0.2, 0.25) is 0 Å². The Balaban J connectivity index is 2.06. The van der Waals surface area contributed by atoms with Crippen molar-refractivity contribution in [3.8, 4) is 6.07 Å². The van der Waals surface area contributed by atoms with E-state index in [0.717, 1.165) is 27.6 Å². The molecule has 4 heteroatoms. The third-order valence-electron chi connectivity index (χ3n) is 4.47. The summed E-state index contributed by atoms with van der Waals surface area (Å²) in [5.74, 6) is 0. The molecule has 3 rings (SSSR count). The Morgan fingerprint density at radius 1 is 1.29 bits per heavy atom. The number of aromatic nitrogens is 2. The highest BCUT2D eigenvalue weighted by Crippen LogP contribution is 2.29. The molecule has 0 fully saturated rings. The molecule has 0 radical (unpaired) electrons. The molecule has 2 aromatic heterocycles. The van der Waals surface area contributed by atoms with Crippen molar-refractivity contribution in [2.45, 2.75) is 32.1 Å². The Kier molecular flexibility index (Phi) is 4.18. The lowest BCUT2D eigenvalue weighted by Gasteiger charge is -2.22. The topological polar surface area (TPSA) is 69.5 Å². The molecule has 1 N–H and O–H groups in total. The van der Waals surface area contributed by atoms with Gasteiger partial charge in [0, 0.05) is 23.5 Å². The van der Waals surface area contributed by atoms with Crippen molar-refractivity contribution in [3.05, 3.63) is 75.8 Å². The molecule has 0 bridgehead atoms. The van der Waals surface area contributed by atoms with Crippen molar-refractivity contribution in [3.63, 3.8) is 0 Å². The molecule has 0 saturated carbocycles. The maximum absolute atomic E-state index is 12.1. The summed E-state index contributed by atoms with van der Waals surface area (Å²) < 4.78 is 0. The van der Waals surface area contributed by atoms with Gasteiger partial charge in [-0.2, -0.15) is 5.26 Å². The van der Waals surface area contributed by atoms with Crippen LogP contribution in [0.4, 0.5) is 0 Å². The Bertz CT molecular complexity index is 970. The molecule has 0 aliphatic heterocycles. The maximum atomic E-state index is 12.1. The molecule has 0 spiro atoms. The van der Waals surface area contributed by atoms with Crippen LogP contribution < -0.4 is 5.56 Å². The SMILES string of the molecule is CCc1cc2ccc(C(C)(C#N)Cc3cccnc3)cc2[nH]c1=O. The fourth-order valence-corrected chi connectivity index (χ4v) is 2.97. The predicted octanol–water partition coefficient (Wildman–Crippen LogP) is 3.51. The first-order valence-electron chi connectivity index (χ1n) is 8.02. The van der Waals surface area contributed by atoms with Crippen LogP contribution in [0.3, 0.4) is 0 Å². The fourth-order valence-electron chi connectivity index (χ4n) is 2.97. The number of nitriles is 1. The second-order valence-corrected chi connectivity index (χ2v) is 6.26. The summed E-state index contributed by atoms with van der Waals surface area (Å²) >= 11 is 0. The van der Waals surface area contributed by atoms with Crippen molar-refractivity contribution in [2.75, 3.05) is 0 Å². The van der Waals surface area contributed by atoms with E-state index in [2.05, 4.69) is 16.0 Å². The summed E-state index contributed by atoms with van der Waals surface area (Å²) in [6.07, 6.45) is 4.77. The number of H-pyrrole nitrogens is 1. The van der Waals surface area contributed by atoms with Gasteiger partial charge < -0.3 is 4.98 Å². The van der Waals surface area contributed by atoms with Crippen LogP contribution in [0.5, 0.6) is 0 Å². The highest BCUT2D eigenvalue weighted by molar-refractivity contribution is 5.80. The number of nitrogens with one attached hydrogen (secondary N) is 1. The minimum atomic E-state index is -0.683. The summed E-state index contributed by atoms with van der Waals surface area (Å²) in [6.45, 7) is 3.88. The number of aryl methyl sites for hydroxylation is 1. The average Bonchev–Trinajstić information content (AvgIpc) is 2.61. The van der Waals surface area contributed by atoms with Gasteiger partial charge in [-0.25, -0.2) is 0 Å². The standard InChI is InChI=1S/C20H19N3O/c1-3-15-9-16-6-7-17(10-18(16)23-19(15)24)20(2,13-21)11-14-5-4-8-22-12-14/h4-10,12H,3,11H2,1-2H3,(H,23,24). The zero-order chi connectivity index (χ0) is 17.2. The second kappa shape index (κ2) is 6.29. The minimum Gasteiger partial charge on any atom is -0.322 e. The van der Waals surface area contributed by atoms with Gasteiger partial charge in [-0.15, -0.1) is 0 Å². The van der Waals surface area contributed by atoms with E-state index in [9.17, 15) is 10.1 Å². The summed E-state index contributed by atoms with van der Waals surface area (Å²) in [7, 11) is 0. The van der Waals surface area contributed by atoms with E-state index in [1.807, 2.05) is 50.2 Å². The van der Waals surface area contributed by atoms with E-state index in [4.69, 9.17) is 0 Å². The molecular weight excluding hydrogens is 298 g/mol. The molecule has 1 aromatic carbocycles. The number of hydrogen-bond acceptors (Lipinski definition) is 3. The monoisotopic (exact) mass is 317 g/mol. The van der Waals surface area contributed by atoms with E-state index in [-0.39, 0.29) is 5.56 Å². The van der Waals surface area contributed by atoms with Gasteiger partial charge in [-0.3, -0.25) is 9.78 Å². The van der Waals surface area contributed by atoms with Crippen LogP contribution in [0.15, 0.2) is 53.6 Å². The van der Waals surface area contributed by atoms with Crippen molar-refractivity contribution >= 4 is 10.9 Å². The van der Waals surface area contributed by atoms with Gasteiger partial charge in [-0.1, -0.05) is 25.1 Å². The summed E-state index contributed by atoms with van der Waals surface area (Å²) in [6, 6.07) is 14.0. The van der Waals surface area contributed by atoms with Crippen molar-refractivity contribution in [1.29, 1.82) is 5.26 Å². The third-order valence-corrected chi connectivity index (χ3v) is 4.47. The fraction of sp³-hybridized carbons (Fsp3) is 0.250. The van der Waals surface area contributed by atoms with E-state index < -0.39 is 5.41 Å². The van der Waals surface area contributed by atoms with Crippen LogP contribution >= 0.6 is 0 Å². The Morgan fingerprint density at radius 2 is 2.12 bits per heavy atom. The smallest absolute Gasteiger partial charge is 0.251 e. The molecule has 0 saturated heterocycles. The number of nitrogens with zero attached hydrogens (tertiary/aromatic N) is 2. The lowest BCUT2D eigenvalue weighted by molar-refractivity contribution is 0.606. The molecule has 0 amide bonds. The number of hydrogen-bond donors (Lipinski definition) is 1. The first-order valence-corrected chi connectivity index (χ1v) is 8.02. The molecule has 1 atom stereocenters. The first kappa shape index (κ1) is 15.9. The molecule has 120 valence electrons. The molecule has 0 aliphatic carbocycles. The Morgan fingerprint density at radius 3 is 2.79 bits per heavy atom. The van der Waals surface area contributed by atoms with E-state index in [1.165, 1.54) is 0 Å². The van der Waals surface area contributed by atoms with Crippen LogP contribution in [0.25, 0.3) is 10.9 Å². The quantitative estimate of drug-likeness (QED) is 0.800. The summed E-state index contributed by atoms with van der Waals surface area (Å²) in [5, 5.41) is 10.7. The molecule has 24 heavy (non-hydrogen) atoms. The van der Waals surface area contributed by atoms with Crippen LogP contribution in [0, 0.1) is 11.3 Å². The average molecular weight is 317 g/mol. The number of benzene rings is 1. The van der Waals surface area contributed by atoms with Gasteiger partial charge >= 0.3 is 0 Å². The van der Waals surface area contributed by atoms with Crippen LogP contribution in [0.1, 0.15) is 30.5 Å². The third kappa shape index (κ3) is 2.93. The molecular formula is C20H19N3O. The van der Waals surface area contributed by atoms with Crippen LogP contribution in [-0.4, -0.2) is 9.97 Å². The number of pyridine rings is 2.